The molecule has 1 saturated heterocycles. The molecule has 0 aromatic heterocycles. The highest BCUT2D eigenvalue weighted by Crippen LogP contribution is 2.35. The summed E-state index contributed by atoms with van der Waals surface area (Å²) in [5.74, 6) is 0.632. The number of thioether (sulfide) groups is 1. The monoisotopic (exact) mass is 438 g/mol. The van der Waals surface area contributed by atoms with E-state index >= 15 is 0 Å². The quantitative estimate of drug-likeness (QED) is 0.471. The van der Waals surface area contributed by atoms with Crippen molar-refractivity contribution in [2.45, 2.75) is 76.5 Å². The molecule has 0 aliphatic carbocycles. The Labute approximate surface area is 193 Å². The second-order valence-corrected chi connectivity index (χ2v) is 11.1. The van der Waals surface area contributed by atoms with Gasteiger partial charge in [0.25, 0.3) is 0 Å². The molecule has 3 nitrogen and oxygen atoms in total. The highest BCUT2D eigenvalue weighted by molar-refractivity contribution is 7.99. The summed E-state index contributed by atoms with van der Waals surface area (Å²) < 4.78 is 0. The van der Waals surface area contributed by atoms with Crippen LogP contribution in [0.4, 0.5) is 5.69 Å². The highest BCUT2D eigenvalue weighted by atomic mass is 32.2. The summed E-state index contributed by atoms with van der Waals surface area (Å²) in [4.78, 5) is 16.1. The number of carbonyl (C=O) groups is 1. The number of hydrogen-bond acceptors (Lipinski definition) is 3. The van der Waals surface area contributed by atoms with Crippen LogP contribution in [-0.2, 0) is 4.79 Å². The molecule has 1 unspecified atom stereocenters. The van der Waals surface area contributed by atoms with Crippen molar-refractivity contribution in [1.82, 2.24) is 4.90 Å². The van der Waals surface area contributed by atoms with Crippen molar-refractivity contribution in [3.8, 4) is 0 Å². The molecule has 1 amide bonds. The molecule has 1 atom stereocenters. The van der Waals surface area contributed by atoms with Gasteiger partial charge in [0.2, 0.25) is 5.91 Å². The minimum atomic E-state index is -0.00693. The number of aryl methyl sites for hydroxylation is 1. The largest absolute Gasteiger partial charge is 0.326 e. The minimum absolute atomic E-state index is 0.00693. The Morgan fingerprint density at radius 1 is 1.00 bits per heavy atom. The molecule has 0 spiro atoms. The summed E-state index contributed by atoms with van der Waals surface area (Å²) in [6.07, 6.45) is 2.32. The third kappa shape index (κ3) is 6.36. The van der Waals surface area contributed by atoms with Crippen LogP contribution in [0.2, 0.25) is 0 Å². The van der Waals surface area contributed by atoms with Crippen LogP contribution in [0.3, 0.4) is 0 Å². The van der Waals surface area contributed by atoms with Crippen LogP contribution in [0, 0.1) is 12.8 Å². The molecule has 31 heavy (non-hydrogen) atoms. The Morgan fingerprint density at radius 3 is 2.23 bits per heavy atom. The molecule has 1 N–H and O–H groups in total. The van der Waals surface area contributed by atoms with Crippen molar-refractivity contribution in [3.63, 3.8) is 0 Å². The fraction of sp³-hybridized carbons (Fsp3) is 0.519. The molecule has 1 heterocycles. The lowest BCUT2D eigenvalue weighted by Gasteiger charge is -2.37. The van der Waals surface area contributed by atoms with Crippen molar-refractivity contribution in [2.75, 3.05) is 18.4 Å². The number of anilines is 1. The van der Waals surface area contributed by atoms with E-state index in [0.29, 0.717) is 17.2 Å². The van der Waals surface area contributed by atoms with E-state index in [1.54, 1.807) is 0 Å². The Hall–Kier alpha value is -1.78. The average Bonchev–Trinajstić information content (AvgIpc) is 2.75. The van der Waals surface area contributed by atoms with Crippen molar-refractivity contribution in [1.29, 1.82) is 0 Å². The van der Waals surface area contributed by atoms with Gasteiger partial charge in [-0.15, -0.1) is 11.8 Å². The van der Waals surface area contributed by atoms with Gasteiger partial charge in [-0.25, -0.2) is 0 Å². The normalized spacial score (nSPS) is 16.6. The third-order valence-electron chi connectivity index (χ3n) is 6.32. The molecule has 0 bridgehead atoms. The summed E-state index contributed by atoms with van der Waals surface area (Å²) >= 11 is 1.92. The Balaban J connectivity index is 1.62. The van der Waals surface area contributed by atoms with Crippen LogP contribution in [0.1, 0.15) is 76.1 Å². The number of amides is 1. The number of rotatable bonds is 7. The zero-order chi connectivity index (χ0) is 22.5. The minimum Gasteiger partial charge on any atom is -0.326 e. The molecule has 2 aromatic carbocycles. The number of carbonyl (C=O) groups excluding carboxylic acids is 1. The first kappa shape index (κ1) is 23.9. The summed E-state index contributed by atoms with van der Waals surface area (Å²) in [5.41, 5.74) is 5.05. The van der Waals surface area contributed by atoms with Crippen molar-refractivity contribution in [3.05, 3.63) is 59.2 Å². The molecule has 3 rings (SSSR count). The zero-order valence-corrected chi connectivity index (χ0v) is 20.8. The van der Waals surface area contributed by atoms with Crippen LogP contribution in [-0.4, -0.2) is 29.1 Å². The fourth-order valence-electron chi connectivity index (χ4n) is 4.35. The van der Waals surface area contributed by atoms with E-state index in [0.717, 1.165) is 31.6 Å². The molecular formula is C27H38N2OS. The second kappa shape index (κ2) is 10.7. The Bertz CT molecular complexity index is 867. The first-order valence-corrected chi connectivity index (χ1v) is 12.5. The molecule has 168 valence electrons. The van der Waals surface area contributed by atoms with Gasteiger partial charge >= 0.3 is 0 Å². The van der Waals surface area contributed by atoms with Gasteiger partial charge in [0.15, 0.2) is 0 Å². The van der Waals surface area contributed by atoms with Gasteiger partial charge in [-0.3, -0.25) is 9.69 Å². The van der Waals surface area contributed by atoms with Gasteiger partial charge in [-0.2, -0.15) is 0 Å². The fourth-order valence-corrected chi connectivity index (χ4v) is 5.19. The second-order valence-electron chi connectivity index (χ2n) is 9.44. The predicted molar refractivity (Wildman–Crippen MR) is 134 cm³/mol. The molecule has 2 aromatic rings. The Morgan fingerprint density at radius 2 is 1.65 bits per heavy atom. The summed E-state index contributed by atoms with van der Waals surface area (Å²) in [7, 11) is 0. The van der Waals surface area contributed by atoms with Crippen LogP contribution < -0.4 is 5.32 Å². The van der Waals surface area contributed by atoms with Gasteiger partial charge in [-0.1, -0.05) is 45.9 Å². The van der Waals surface area contributed by atoms with Gasteiger partial charge in [0.05, 0.1) is 0 Å². The number of piperidine rings is 1. The highest BCUT2D eigenvalue weighted by Gasteiger charge is 2.25. The van der Waals surface area contributed by atoms with Gasteiger partial charge in [0.1, 0.15) is 0 Å². The summed E-state index contributed by atoms with van der Waals surface area (Å²) in [6, 6.07) is 15.9. The molecule has 1 aliphatic heterocycles. The lowest BCUT2D eigenvalue weighted by atomic mass is 9.86. The Kier molecular flexibility index (Phi) is 8.23. The van der Waals surface area contributed by atoms with Gasteiger partial charge in [-0.05, 0) is 86.7 Å². The maximum absolute atomic E-state index is 12.1. The average molecular weight is 439 g/mol. The maximum Gasteiger partial charge on any atom is 0.226 e. The number of hydrogen-bond donors (Lipinski definition) is 1. The predicted octanol–water partition coefficient (Wildman–Crippen LogP) is 7.03. The zero-order valence-electron chi connectivity index (χ0n) is 19.9. The van der Waals surface area contributed by atoms with Crippen LogP contribution in [0.15, 0.2) is 47.4 Å². The molecule has 1 aliphatic rings. The van der Waals surface area contributed by atoms with E-state index in [-0.39, 0.29) is 11.8 Å². The standard InChI is InChI=1S/C27H38N2OS/c1-18(2)27(30)28-24-10-7-20(5)26(17-24)23-13-15-29(16-14-23)21(6)22-8-11-25(12-9-22)31-19(3)4/h7-12,17-19,21,23H,13-16H2,1-6H3,(H,28,30). The van der Waals surface area contributed by atoms with Crippen LogP contribution in [0.5, 0.6) is 0 Å². The number of likely N-dealkylation sites (tertiary alicyclic amines) is 1. The van der Waals surface area contributed by atoms with Crippen molar-refractivity contribution in [2.24, 2.45) is 5.92 Å². The van der Waals surface area contributed by atoms with E-state index in [1.165, 1.54) is 21.6 Å². The molecule has 0 radical (unpaired) electrons. The topological polar surface area (TPSA) is 32.3 Å². The number of benzene rings is 2. The van der Waals surface area contributed by atoms with Crippen LogP contribution in [0.25, 0.3) is 0 Å². The van der Waals surface area contributed by atoms with Gasteiger partial charge in [0, 0.05) is 27.8 Å². The third-order valence-corrected chi connectivity index (χ3v) is 7.34. The molecule has 4 heteroatoms. The summed E-state index contributed by atoms with van der Waals surface area (Å²) in [5, 5.41) is 3.68. The molecule has 1 fully saturated rings. The lowest BCUT2D eigenvalue weighted by Crippen LogP contribution is -2.35. The van der Waals surface area contributed by atoms with E-state index < -0.39 is 0 Å². The van der Waals surface area contributed by atoms with E-state index in [4.69, 9.17) is 0 Å². The van der Waals surface area contributed by atoms with E-state index in [2.05, 4.69) is 74.3 Å². The maximum atomic E-state index is 12.1. The van der Waals surface area contributed by atoms with E-state index in [9.17, 15) is 4.79 Å². The SMILES string of the molecule is Cc1ccc(NC(=O)C(C)C)cc1C1CCN(C(C)c2ccc(SC(C)C)cc2)CC1. The van der Waals surface area contributed by atoms with Crippen molar-refractivity contribution < 1.29 is 4.79 Å². The van der Waals surface area contributed by atoms with E-state index in [1.807, 2.05) is 31.7 Å². The smallest absolute Gasteiger partial charge is 0.226 e. The first-order chi connectivity index (χ1) is 14.7. The number of nitrogens with zero attached hydrogens (tertiary/aromatic N) is 1. The van der Waals surface area contributed by atoms with Gasteiger partial charge < -0.3 is 5.32 Å². The molecule has 0 saturated carbocycles. The molecular weight excluding hydrogens is 400 g/mol. The van der Waals surface area contributed by atoms with Crippen molar-refractivity contribution >= 4 is 23.4 Å². The van der Waals surface area contributed by atoms with Crippen LogP contribution >= 0.6 is 11.8 Å². The summed E-state index contributed by atoms with van der Waals surface area (Å²) in [6.45, 7) is 15.1. The first-order valence-electron chi connectivity index (χ1n) is 11.7. The lowest BCUT2D eigenvalue weighted by molar-refractivity contribution is -0.118. The number of nitrogens with one attached hydrogen (secondary N) is 1.